The number of aryl methyl sites for hydroxylation is 1. The summed E-state index contributed by atoms with van der Waals surface area (Å²) in [5, 5.41) is 6.08. The van der Waals surface area contributed by atoms with Gasteiger partial charge in [0.2, 0.25) is 0 Å². The fraction of sp³-hybridized carbons (Fsp3) is 0.182. The summed E-state index contributed by atoms with van der Waals surface area (Å²) in [6.07, 6.45) is 0. The van der Waals surface area contributed by atoms with Crippen LogP contribution < -0.4 is 5.32 Å². The molecule has 0 fully saturated rings. The highest BCUT2D eigenvalue weighted by Crippen LogP contribution is 2.15. The van der Waals surface area contributed by atoms with E-state index in [2.05, 4.69) is 10.3 Å². The van der Waals surface area contributed by atoms with Crippen LogP contribution in [-0.4, -0.2) is 4.98 Å². The van der Waals surface area contributed by atoms with E-state index in [1.807, 2.05) is 12.3 Å². The molecule has 0 bridgehead atoms. The Kier molecular flexibility index (Phi) is 2.97. The Labute approximate surface area is 91.8 Å². The second kappa shape index (κ2) is 4.40. The number of nitrogens with zero attached hydrogens (tertiary/aromatic N) is 1. The number of hydrogen-bond acceptors (Lipinski definition) is 3. The van der Waals surface area contributed by atoms with Crippen molar-refractivity contribution in [3.8, 4) is 0 Å². The SMILES string of the molecule is Cc1csc(NCc2ccc(F)cc2)n1. The van der Waals surface area contributed by atoms with E-state index in [0.29, 0.717) is 6.54 Å². The predicted molar refractivity (Wildman–Crippen MR) is 60.6 cm³/mol. The van der Waals surface area contributed by atoms with Crippen molar-refractivity contribution >= 4 is 16.5 Å². The number of hydrogen-bond donors (Lipinski definition) is 1. The van der Waals surface area contributed by atoms with Crippen molar-refractivity contribution in [2.45, 2.75) is 13.5 Å². The van der Waals surface area contributed by atoms with Crippen LogP contribution in [0.4, 0.5) is 9.52 Å². The molecule has 0 saturated heterocycles. The molecule has 1 aromatic carbocycles. The maximum atomic E-state index is 12.6. The Morgan fingerprint density at radius 1 is 1.33 bits per heavy atom. The van der Waals surface area contributed by atoms with Crippen LogP contribution in [0.3, 0.4) is 0 Å². The van der Waals surface area contributed by atoms with Gasteiger partial charge in [-0.25, -0.2) is 9.37 Å². The fourth-order valence-electron chi connectivity index (χ4n) is 1.22. The van der Waals surface area contributed by atoms with Crippen molar-refractivity contribution in [1.29, 1.82) is 0 Å². The smallest absolute Gasteiger partial charge is 0.183 e. The number of benzene rings is 1. The molecular formula is C11H11FN2S. The summed E-state index contributed by atoms with van der Waals surface area (Å²) >= 11 is 1.58. The van der Waals surface area contributed by atoms with E-state index in [4.69, 9.17) is 0 Å². The van der Waals surface area contributed by atoms with Crippen LogP contribution in [0.2, 0.25) is 0 Å². The molecule has 0 aliphatic heterocycles. The normalized spacial score (nSPS) is 10.3. The highest BCUT2D eigenvalue weighted by molar-refractivity contribution is 7.13. The van der Waals surface area contributed by atoms with Gasteiger partial charge in [-0.05, 0) is 24.6 Å². The molecular weight excluding hydrogens is 211 g/mol. The van der Waals surface area contributed by atoms with Crippen LogP contribution in [0.15, 0.2) is 29.6 Å². The molecule has 0 aliphatic rings. The van der Waals surface area contributed by atoms with Crippen molar-refractivity contribution in [1.82, 2.24) is 4.98 Å². The monoisotopic (exact) mass is 222 g/mol. The van der Waals surface area contributed by atoms with Crippen LogP contribution in [-0.2, 0) is 6.54 Å². The first-order chi connectivity index (χ1) is 7.24. The molecule has 78 valence electrons. The highest BCUT2D eigenvalue weighted by Gasteiger charge is 1.98. The lowest BCUT2D eigenvalue weighted by atomic mass is 10.2. The Morgan fingerprint density at radius 2 is 2.07 bits per heavy atom. The topological polar surface area (TPSA) is 24.9 Å². The van der Waals surface area contributed by atoms with Gasteiger partial charge in [-0.15, -0.1) is 11.3 Å². The Morgan fingerprint density at radius 3 is 2.67 bits per heavy atom. The largest absolute Gasteiger partial charge is 0.357 e. The van der Waals surface area contributed by atoms with Gasteiger partial charge >= 0.3 is 0 Å². The zero-order chi connectivity index (χ0) is 10.7. The van der Waals surface area contributed by atoms with Crippen LogP contribution >= 0.6 is 11.3 Å². The number of rotatable bonds is 3. The molecule has 0 amide bonds. The molecule has 0 saturated carbocycles. The summed E-state index contributed by atoms with van der Waals surface area (Å²) in [6.45, 7) is 2.63. The molecule has 0 radical (unpaired) electrons. The molecule has 0 spiro atoms. The standard InChI is InChI=1S/C11H11FN2S/c1-8-7-15-11(14-8)13-6-9-2-4-10(12)5-3-9/h2-5,7H,6H2,1H3,(H,13,14). The van der Waals surface area contributed by atoms with E-state index in [-0.39, 0.29) is 5.82 Å². The molecule has 4 heteroatoms. The van der Waals surface area contributed by atoms with Gasteiger partial charge in [-0.2, -0.15) is 0 Å². The summed E-state index contributed by atoms with van der Waals surface area (Å²) in [4.78, 5) is 4.28. The lowest BCUT2D eigenvalue weighted by Crippen LogP contribution is -1.98. The second-order valence-electron chi connectivity index (χ2n) is 3.27. The van der Waals surface area contributed by atoms with Crippen LogP contribution in [0, 0.1) is 12.7 Å². The van der Waals surface area contributed by atoms with E-state index in [1.165, 1.54) is 12.1 Å². The Hall–Kier alpha value is -1.42. The van der Waals surface area contributed by atoms with Gasteiger partial charge < -0.3 is 5.32 Å². The first-order valence-corrected chi connectivity index (χ1v) is 5.52. The number of thiazole rings is 1. The third-order valence-corrected chi connectivity index (χ3v) is 2.89. The van der Waals surface area contributed by atoms with Crippen LogP contribution in [0.25, 0.3) is 0 Å². The van der Waals surface area contributed by atoms with Crippen molar-refractivity contribution in [2.24, 2.45) is 0 Å². The number of halogens is 1. The molecule has 2 aromatic rings. The molecule has 15 heavy (non-hydrogen) atoms. The van der Waals surface area contributed by atoms with E-state index < -0.39 is 0 Å². The highest BCUT2D eigenvalue weighted by atomic mass is 32.1. The van der Waals surface area contributed by atoms with Gasteiger partial charge in [0.1, 0.15) is 5.82 Å². The first kappa shape index (κ1) is 10.1. The van der Waals surface area contributed by atoms with E-state index in [1.54, 1.807) is 23.5 Å². The van der Waals surface area contributed by atoms with Crippen molar-refractivity contribution in [3.05, 3.63) is 46.7 Å². The number of nitrogens with one attached hydrogen (secondary N) is 1. The van der Waals surface area contributed by atoms with Crippen LogP contribution in [0.5, 0.6) is 0 Å². The van der Waals surface area contributed by atoms with Gasteiger partial charge in [-0.3, -0.25) is 0 Å². The average molecular weight is 222 g/mol. The lowest BCUT2D eigenvalue weighted by Gasteiger charge is -2.02. The molecule has 0 aliphatic carbocycles. The number of aromatic nitrogens is 1. The van der Waals surface area contributed by atoms with Gasteiger partial charge in [0.15, 0.2) is 5.13 Å². The zero-order valence-electron chi connectivity index (χ0n) is 8.33. The van der Waals surface area contributed by atoms with Gasteiger partial charge in [0.05, 0.1) is 5.69 Å². The summed E-state index contributed by atoms with van der Waals surface area (Å²) in [5.74, 6) is -0.205. The molecule has 1 N–H and O–H groups in total. The van der Waals surface area contributed by atoms with E-state index in [0.717, 1.165) is 16.4 Å². The number of anilines is 1. The summed E-state index contributed by atoms with van der Waals surface area (Å²) < 4.78 is 12.6. The summed E-state index contributed by atoms with van der Waals surface area (Å²) in [6, 6.07) is 6.46. The average Bonchev–Trinajstić information content (AvgIpc) is 2.64. The zero-order valence-corrected chi connectivity index (χ0v) is 9.14. The minimum atomic E-state index is -0.205. The van der Waals surface area contributed by atoms with Crippen LogP contribution in [0.1, 0.15) is 11.3 Å². The third-order valence-electron chi connectivity index (χ3n) is 1.98. The minimum Gasteiger partial charge on any atom is -0.357 e. The molecule has 0 unspecified atom stereocenters. The maximum absolute atomic E-state index is 12.6. The quantitative estimate of drug-likeness (QED) is 0.862. The summed E-state index contributed by atoms with van der Waals surface area (Å²) in [7, 11) is 0. The van der Waals surface area contributed by atoms with E-state index in [9.17, 15) is 4.39 Å². The fourth-order valence-corrected chi connectivity index (χ4v) is 1.90. The molecule has 2 rings (SSSR count). The minimum absolute atomic E-state index is 0.205. The third kappa shape index (κ3) is 2.76. The molecule has 1 heterocycles. The van der Waals surface area contributed by atoms with Crippen molar-refractivity contribution in [3.63, 3.8) is 0 Å². The van der Waals surface area contributed by atoms with E-state index >= 15 is 0 Å². The Bertz CT molecular complexity index is 436. The maximum Gasteiger partial charge on any atom is 0.183 e. The second-order valence-corrected chi connectivity index (χ2v) is 4.13. The van der Waals surface area contributed by atoms with Gasteiger partial charge in [-0.1, -0.05) is 12.1 Å². The lowest BCUT2D eigenvalue weighted by molar-refractivity contribution is 0.627. The molecule has 1 aromatic heterocycles. The van der Waals surface area contributed by atoms with Gasteiger partial charge in [0, 0.05) is 11.9 Å². The van der Waals surface area contributed by atoms with Gasteiger partial charge in [0.25, 0.3) is 0 Å². The molecule has 2 nitrogen and oxygen atoms in total. The summed E-state index contributed by atoms with van der Waals surface area (Å²) in [5.41, 5.74) is 2.06. The molecule has 0 atom stereocenters. The first-order valence-electron chi connectivity index (χ1n) is 4.64. The van der Waals surface area contributed by atoms with Crippen molar-refractivity contribution < 1.29 is 4.39 Å². The Balaban J connectivity index is 1.96. The predicted octanol–water partition coefficient (Wildman–Crippen LogP) is 3.20. The van der Waals surface area contributed by atoms with Crippen molar-refractivity contribution in [2.75, 3.05) is 5.32 Å².